The highest BCUT2D eigenvalue weighted by Crippen LogP contribution is 2.30. The minimum absolute atomic E-state index is 0.259. The van der Waals surface area contributed by atoms with E-state index in [0.29, 0.717) is 0 Å². The topological polar surface area (TPSA) is 29.9 Å². The molecule has 1 unspecified atom stereocenters. The number of aryl methyl sites for hydroxylation is 3. The lowest BCUT2D eigenvalue weighted by molar-refractivity contribution is 0.559. The molecule has 0 amide bonds. The average molecular weight is 263 g/mol. The maximum Gasteiger partial charge on any atom is 0.0841 e. The molecule has 2 rings (SSSR count). The number of hydrogen-bond donors (Lipinski definition) is 1. The van der Waals surface area contributed by atoms with Gasteiger partial charge in [0.15, 0.2) is 0 Å². The minimum atomic E-state index is 0.259. The molecule has 0 aliphatic heterocycles. The predicted octanol–water partition coefficient (Wildman–Crippen LogP) is 3.19. The second-order valence-corrected chi connectivity index (χ2v) is 5.94. The van der Waals surface area contributed by atoms with E-state index in [1.54, 1.807) is 0 Å². The van der Waals surface area contributed by atoms with Gasteiger partial charge in [-0.25, -0.2) is 0 Å². The van der Waals surface area contributed by atoms with Crippen molar-refractivity contribution in [1.82, 2.24) is 15.1 Å². The molecule has 2 aromatic heterocycles. The van der Waals surface area contributed by atoms with E-state index in [2.05, 4.69) is 43.3 Å². The Morgan fingerprint density at radius 2 is 2.22 bits per heavy atom. The van der Waals surface area contributed by atoms with E-state index < -0.39 is 0 Å². The van der Waals surface area contributed by atoms with Crippen molar-refractivity contribution in [2.24, 2.45) is 7.05 Å². The fourth-order valence-electron chi connectivity index (χ4n) is 2.05. The summed E-state index contributed by atoms with van der Waals surface area (Å²) < 4.78 is 1.96. The van der Waals surface area contributed by atoms with Crippen molar-refractivity contribution in [3.05, 3.63) is 39.3 Å². The van der Waals surface area contributed by atoms with Gasteiger partial charge in [-0.3, -0.25) is 4.68 Å². The molecular formula is C14H21N3S. The Hall–Kier alpha value is -1.13. The lowest BCUT2D eigenvalue weighted by atomic mass is 10.1. The zero-order valence-corrected chi connectivity index (χ0v) is 12.3. The summed E-state index contributed by atoms with van der Waals surface area (Å²) in [5.41, 5.74) is 2.60. The summed E-state index contributed by atoms with van der Waals surface area (Å²) in [7, 11) is 2.00. The molecule has 0 aliphatic rings. The molecule has 1 N–H and O–H groups in total. The molecule has 0 aromatic carbocycles. The zero-order chi connectivity index (χ0) is 13.1. The Morgan fingerprint density at radius 1 is 1.44 bits per heavy atom. The number of aromatic nitrogens is 2. The van der Waals surface area contributed by atoms with Crippen LogP contribution in [0.25, 0.3) is 0 Å². The summed E-state index contributed by atoms with van der Waals surface area (Å²) >= 11 is 1.88. The first-order chi connectivity index (χ1) is 8.63. The molecule has 0 aliphatic carbocycles. The van der Waals surface area contributed by atoms with E-state index >= 15 is 0 Å². The van der Waals surface area contributed by atoms with Gasteiger partial charge in [-0.05, 0) is 44.5 Å². The van der Waals surface area contributed by atoms with Crippen LogP contribution in [0.4, 0.5) is 0 Å². The summed E-state index contributed by atoms with van der Waals surface area (Å²) in [4.78, 5) is 2.78. The molecule has 0 radical (unpaired) electrons. The number of thiophene rings is 1. The molecule has 0 saturated carbocycles. The molecule has 18 heavy (non-hydrogen) atoms. The van der Waals surface area contributed by atoms with Crippen LogP contribution in [0, 0.1) is 13.8 Å². The monoisotopic (exact) mass is 263 g/mol. The number of nitrogens with one attached hydrogen (secondary N) is 1. The molecule has 98 valence electrons. The summed E-state index contributed by atoms with van der Waals surface area (Å²) in [6.45, 7) is 7.57. The average Bonchev–Trinajstić information content (AvgIpc) is 2.88. The molecule has 1 atom stereocenters. The second-order valence-electron chi connectivity index (χ2n) is 4.65. The first-order valence-electron chi connectivity index (χ1n) is 6.41. The number of nitrogens with zero attached hydrogens (tertiary/aromatic N) is 2. The van der Waals surface area contributed by atoms with Crippen LogP contribution in [-0.4, -0.2) is 16.3 Å². The molecule has 0 spiro atoms. The first kappa shape index (κ1) is 13.3. The van der Waals surface area contributed by atoms with Gasteiger partial charge in [0.05, 0.1) is 11.7 Å². The van der Waals surface area contributed by atoms with Gasteiger partial charge < -0.3 is 5.32 Å². The van der Waals surface area contributed by atoms with Crippen molar-refractivity contribution < 1.29 is 0 Å². The van der Waals surface area contributed by atoms with E-state index in [-0.39, 0.29) is 6.04 Å². The maximum atomic E-state index is 4.28. The third-order valence-corrected chi connectivity index (χ3v) is 4.44. The van der Waals surface area contributed by atoms with E-state index in [9.17, 15) is 0 Å². The van der Waals surface area contributed by atoms with Crippen molar-refractivity contribution in [2.75, 3.05) is 6.54 Å². The van der Waals surface area contributed by atoms with Crippen molar-refractivity contribution in [1.29, 1.82) is 0 Å². The minimum Gasteiger partial charge on any atom is -0.304 e. The largest absolute Gasteiger partial charge is 0.304 e. The van der Waals surface area contributed by atoms with Crippen molar-refractivity contribution in [3.63, 3.8) is 0 Å². The normalized spacial score (nSPS) is 12.9. The molecule has 3 nitrogen and oxygen atoms in total. The molecule has 2 aromatic rings. The quantitative estimate of drug-likeness (QED) is 0.898. The highest BCUT2D eigenvalue weighted by Gasteiger charge is 2.19. The fraction of sp³-hybridized carbons (Fsp3) is 0.500. The van der Waals surface area contributed by atoms with E-state index in [1.807, 2.05) is 29.3 Å². The summed E-state index contributed by atoms with van der Waals surface area (Å²) in [6.07, 6.45) is 3.00. The Balaban J connectivity index is 2.33. The van der Waals surface area contributed by atoms with Crippen LogP contribution in [-0.2, 0) is 7.05 Å². The molecule has 0 fully saturated rings. The Morgan fingerprint density at radius 3 is 2.72 bits per heavy atom. The smallest absolute Gasteiger partial charge is 0.0841 e. The predicted molar refractivity (Wildman–Crippen MR) is 77.1 cm³/mol. The lowest BCUT2D eigenvalue weighted by Crippen LogP contribution is -2.24. The van der Waals surface area contributed by atoms with Crippen LogP contribution in [0.15, 0.2) is 18.3 Å². The van der Waals surface area contributed by atoms with Gasteiger partial charge in [0.25, 0.3) is 0 Å². The highest BCUT2D eigenvalue weighted by molar-refractivity contribution is 7.12. The van der Waals surface area contributed by atoms with Crippen LogP contribution < -0.4 is 5.32 Å². The van der Waals surface area contributed by atoms with Gasteiger partial charge in [-0.15, -0.1) is 11.3 Å². The van der Waals surface area contributed by atoms with Crippen LogP contribution in [0.3, 0.4) is 0 Å². The summed E-state index contributed by atoms with van der Waals surface area (Å²) in [6, 6.07) is 4.65. The van der Waals surface area contributed by atoms with Crippen molar-refractivity contribution >= 4 is 11.3 Å². The van der Waals surface area contributed by atoms with E-state index in [0.717, 1.165) is 13.0 Å². The fourth-order valence-corrected chi connectivity index (χ4v) is 3.18. The van der Waals surface area contributed by atoms with Gasteiger partial charge in [-0.1, -0.05) is 6.92 Å². The number of hydrogen-bond acceptors (Lipinski definition) is 3. The van der Waals surface area contributed by atoms with Gasteiger partial charge in [0, 0.05) is 23.0 Å². The highest BCUT2D eigenvalue weighted by atomic mass is 32.1. The maximum absolute atomic E-state index is 4.28. The first-order valence-corrected chi connectivity index (χ1v) is 7.23. The van der Waals surface area contributed by atoms with Crippen molar-refractivity contribution in [2.45, 2.75) is 33.2 Å². The summed E-state index contributed by atoms with van der Waals surface area (Å²) in [5, 5.41) is 7.90. The van der Waals surface area contributed by atoms with Crippen LogP contribution in [0.2, 0.25) is 0 Å². The van der Waals surface area contributed by atoms with Gasteiger partial charge in [0.2, 0.25) is 0 Å². The molecule has 0 bridgehead atoms. The van der Waals surface area contributed by atoms with Crippen LogP contribution in [0.1, 0.15) is 40.4 Å². The Labute approximate surface area is 113 Å². The van der Waals surface area contributed by atoms with E-state index in [1.165, 1.54) is 21.0 Å². The Kier molecular flexibility index (Phi) is 4.19. The standard InChI is InChI=1S/C14H21N3S/c1-5-7-15-14(12-6-8-16-17(12)4)13-9-10(2)11(3)18-13/h6,8-9,14-15H,5,7H2,1-4H3. The van der Waals surface area contributed by atoms with Gasteiger partial charge >= 0.3 is 0 Å². The molecular weight excluding hydrogens is 242 g/mol. The number of rotatable bonds is 5. The SMILES string of the molecule is CCCNC(c1cc(C)c(C)s1)c1ccnn1C. The van der Waals surface area contributed by atoms with Crippen LogP contribution >= 0.6 is 11.3 Å². The second kappa shape index (κ2) is 5.67. The third-order valence-electron chi connectivity index (χ3n) is 3.22. The van der Waals surface area contributed by atoms with Gasteiger partial charge in [0.1, 0.15) is 0 Å². The lowest BCUT2D eigenvalue weighted by Gasteiger charge is -2.17. The molecule has 4 heteroatoms. The third kappa shape index (κ3) is 2.65. The summed E-state index contributed by atoms with van der Waals surface area (Å²) in [5.74, 6) is 0. The molecule has 0 saturated heterocycles. The van der Waals surface area contributed by atoms with Gasteiger partial charge in [-0.2, -0.15) is 5.10 Å². The van der Waals surface area contributed by atoms with E-state index in [4.69, 9.17) is 0 Å². The Bertz CT molecular complexity index is 493. The van der Waals surface area contributed by atoms with Crippen molar-refractivity contribution in [3.8, 4) is 0 Å². The zero-order valence-electron chi connectivity index (χ0n) is 11.5. The molecule has 2 heterocycles. The van der Waals surface area contributed by atoms with Crippen LogP contribution in [0.5, 0.6) is 0 Å².